The number of nitrogens with zero attached hydrogens (tertiary/aromatic N) is 2. The van der Waals surface area contributed by atoms with Crippen LogP contribution in [0.4, 0.5) is 5.69 Å². The van der Waals surface area contributed by atoms with Crippen LogP contribution in [0.15, 0.2) is 24.3 Å². The van der Waals surface area contributed by atoms with Gasteiger partial charge < -0.3 is 19.9 Å². The smallest absolute Gasteiger partial charge is 0.232 e. The van der Waals surface area contributed by atoms with E-state index in [0.717, 1.165) is 18.0 Å². The molecule has 2 unspecified atom stereocenters. The van der Waals surface area contributed by atoms with E-state index in [1.54, 1.807) is 7.11 Å². The van der Waals surface area contributed by atoms with Gasteiger partial charge in [-0.3, -0.25) is 14.9 Å². The summed E-state index contributed by atoms with van der Waals surface area (Å²) >= 11 is 1.46. The first-order chi connectivity index (χ1) is 13.9. The van der Waals surface area contributed by atoms with Gasteiger partial charge in [-0.15, -0.1) is 11.8 Å². The lowest BCUT2D eigenvalue weighted by Crippen LogP contribution is -2.57. The predicted molar refractivity (Wildman–Crippen MR) is 117 cm³/mol. The Kier molecular flexibility index (Phi) is 7.29. The maximum Gasteiger partial charge on any atom is 0.232 e. The summed E-state index contributed by atoms with van der Waals surface area (Å²) in [5.74, 6) is 1.75. The van der Waals surface area contributed by atoms with Crippen LogP contribution >= 0.6 is 11.8 Å². The number of thioether (sulfide) groups is 1. The third-order valence-electron chi connectivity index (χ3n) is 5.62. The summed E-state index contributed by atoms with van der Waals surface area (Å²) in [5, 5.41) is 6.36. The van der Waals surface area contributed by atoms with Crippen molar-refractivity contribution in [1.82, 2.24) is 15.5 Å². The van der Waals surface area contributed by atoms with Crippen molar-refractivity contribution in [1.29, 1.82) is 0 Å². The Morgan fingerprint density at radius 1 is 1.31 bits per heavy atom. The lowest BCUT2D eigenvalue weighted by Gasteiger charge is -2.42. The predicted octanol–water partition coefficient (Wildman–Crippen LogP) is 1.88. The molecule has 1 aromatic carbocycles. The summed E-state index contributed by atoms with van der Waals surface area (Å²) in [6.07, 6.45) is 0.491. The first-order valence-electron chi connectivity index (χ1n) is 10.2. The molecule has 1 aromatic rings. The van der Waals surface area contributed by atoms with Crippen molar-refractivity contribution in [3.63, 3.8) is 0 Å². The minimum atomic E-state index is -0.208. The number of hydrogen-bond acceptors (Lipinski definition) is 6. The number of benzene rings is 1. The first-order valence-corrected chi connectivity index (χ1v) is 11.3. The molecule has 2 heterocycles. The highest BCUT2D eigenvalue weighted by atomic mass is 32.2. The second kappa shape index (κ2) is 9.71. The van der Waals surface area contributed by atoms with Crippen LogP contribution in [0, 0.1) is 5.92 Å². The fourth-order valence-corrected chi connectivity index (χ4v) is 4.85. The fraction of sp³-hybridized carbons (Fsp3) is 0.619. The Morgan fingerprint density at radius 2 is 2.07 bits per heavy atom. The number of nitrogens with one attached hydrogen (secondary N) is 2. The minimum absolute atomic E-state index is 0.0476. The molecule has 0 aromatic heterocycles. The number of hydrogen-bond donors (Lipinski definition) is 2. The molecule has 7 nitrogen and oxygen atoms in total. The average Bonchev–Trinajstić information content (AvgIpc) is 2.71. The standard InChI is InChI=1S/C21H32N4O3S/c1-14(2)16-11-19(26)23-21(22-16)29-13-20(27)24-9-10-25(15(3)12-24)17-7-5-6-8-18(17)28-4/h5-8,14-16,21-22H,9-13H2,1-4H3,(H,23,26)/t15-,16?,21?/m1/s1. The fourth-order valence-electron chi connectivity index (χ4n) is 3.87. The van der Waals surface area contributed by atoms with Gasteiger partial charge in [-0.05, 0) is 25.0 Å². The Morgan fingerprint density at radius 3 is 2.76 bits per heavy atom. The van der Waals surface area contributed by atoms with Gasteiger partial charge in [0, 0.05) is 38.1 Å². The summed E-state index contributed by atoms with van der Waals surface area (Å²) in [7, 11) is 1.68. The Labute approximate surface area is 177 Å². The molecule has 2 saturated heterocycles. The average molecular weight is 421 g/mol. The molecule has 2 aliphatic heterocycles. The van der Waals surface area contributed by atoms with Crippen LogP contribution in [0.3, 0.4) is 0 Å². The van der Waals surface area contributed by atoms with Crippen LogP contribution < -0.4 is 20.3 Å². The molecule has 0 saturated carbocycles. The number of ether oxygens (including phenoxy) is 1. The zero-order chi connectivity index (χ0) is 21.0. The van der Waals surface area contributed by atoms with Gasteiger partial charge in [0.1, 0.15) is 11.2 Å². The Balaban J connectivity index is 1.52. The van der Waals surface area contributed by atoms with Crippen LogP contribution in [0.25, 0.3) is 0 Å². The van der Waals surface area contributed by atoms with Crippen molar-refractivity contribution in [2.75, 3.05) is 37.4 Å². The van der Waals surface area contributed by atoms with Crippen molar-refractivity contribution in [2.45, 2.75) is 44.8 Å². The maximum atomic E-state index is 12.8. The molecule has 0 spiro atoms. The number of anilines is 1. The van der Waals surface area contributed by atoms with Gasteiger partial charge in [0.05, 0.1) is 18.6 Å². The monoisotopic (exact) mass is 420 g/mol. The van der Waals surface area contributed by atoms with Gasteiger partial charge in [0.15, 0.2) is 0 Å². The number of rotatable bonds is 6. The summed E-state index contributed by atoms with van der Waals surface area (Å²) in [6.45, 7) is 8.47. The van der Waals surface area contributed by atoms with Gasteiger partial charge in [-0.25, -0.2) is 0 Å². The number of piperazine rings is 1. The molecule has 2 fully saturated rings. The molecule has 3 rings (SSSR count). The summed E-state index contributed by atoms with van der Waals surface area (Å²) in [4.78, 5) is 28.9. The van der Waals surface area contributed by atoms with Crippen molar-refractivity contribution in [2.24, 2.45) is 5.92 Å². The number of methoxy groups -OCH3 is 1. The van der Waals surface area contributed by atoms with Crippen LogP contribution in [-0.4, -0.2) is 66.8 Å². The first kappa shape index (κ1) is 21.8. The number of carbonyl (C=O) groups is 2. The molecule has 2 aliphatic rings. The van der Waals surface area contributed by atoms with E-state index in [4.69, 9.17) is 4.74 Å². The van der Waals surface area contributed by atoms with E-state index in [0.29, 0.717) is 31.2 Å². The number of carbonyl (C=O) groups excluding carboxylic acids is 2. The topological polar surface area (TPSA) is 73.9 Å². The molecule has 2 amide bonds. The van der Waals surface area contributed by atoms with Crippen LogP contribution in [0.2, 0.25) is 0 Å². The van der Waals surface area contributed by atoms with E-state index >= 15 is 0 Å². The highest BCUT2D eigenvalue weighted by molar-refractivity contribution is 8.00. The third kappa shape index (κ3) is 5.36. The minimum Gasteiger partial charge on any atom is -0.495 e. The molecule has 160 valence electrons. The Hall–Kier alpha value is -1.93. The number of amides is 2. The van der Waals surface area contributed by atoms with E-state index in [9.17, 15) is 9.59 Å². The molecule has 0 bridgehead atoms. The molecular formula is C21H32N4O3S. The van der Waals surface area contributed by atoms with E-state index in [-0.39, 0.29) is 29.4 Å². The lowest BCUT2D eigenvalue weighted by atomic mass is 10.00. The Bertz CT molecular complexity index is 730. The summed E-state index contributed by atoms with van der Waals surface area (Å²) in [6, 6.07) is 8.35. The van der Waals surface area contributed by atoms with Gasteiger partial charge >= 0.3 is 0 Å². The van der Waals surface area contributed by atoms with Gasteiger partial charge in [-0.1, -0.05) is 26.0 Å². The molecule has 0 radical (unpaired) electrons. The highest BCUT2D eigenvalue weighted by Crippen LogP contribution is 2.30. The summed E-state index contributed by atoms with van der Waals surface area (Å²) in [5.41, 5.74) is 0.859. The van der Waals surface area contributed by atoms with Gasteiger partial charge in [0.2, 0.25) is 11.8 Å². The molecule has 8 heteroatoms. The second-order valence-electron chi connectivity index (χ2n) is 8.03. The van der Waals surface area contributed by atoms with Gasteiger partial charge in [-0.2, -0.15) is 0 Å². The molecular weight excluding hydrogens is 388 g/mol. The van der Waals surface area contributed by atoms with Crippen molar-refractivity contribution >= 4 is 29.3 Å². The van der Waals surface area contributed by atoms with Crippen molar-refractivity contribution < 1.29 is 14.3 Å². The summed E-state index contributed by atoms with van der Waals surface area (Å²) < 4.78 is 5.49. The zero-order valence-electron chi connectivity index (χ0n) is 17.7. The van der Waals surface area contributed by atoms with E-state index in [1.165, 1.54) is 11.8 Å². The van der Waals surface area contributed by atoms with Crippen molar-refractivity contribution in [3.8, 4) is 5.75 Å². The maximum absolute atomic E-state index is 12.8. The van der Waals surface area contributed by atoms with Gasteiger partial charge in [0.25, 0.3) is 0 Å². The van der Waals surface area contributed by atoms with Crippen molar-refractivity contribution in [3.05, 3.63) is 24.3 Å². The normalized spacial score (nSPS) is 25.1. The molecule has 0 aliphatic carbocycles. The van der Waals surface area contributed by atoms with Crippen LogP contribution in [0.5, 0.6) is 5.75 Å². The largest absolute Gasteiger partial charge is 0.495 e. The molecule has 29 heavy (non-hydrogen) atoms. The number of para-hydroxylation sites is 2. The van der Waals surface area contributed by atoms with E-state index < -0.39 is 0 Å². The van der Waals surface area contributed by atoms with E-state index in [2.05, 4.69) is 42.4 Å². The SMILES string of the molecule is COc1ccccc1N1CCN(C(=O)CSC2NC(=O)CC(C(C)C)N2)C[C@H]1C. The highest BCUT2D eigenvalue weighted by Gasteiger charge is 2.31. The zero-order valence-corrected chi connectivity index (χ0v) is 18.5. The van der Waals surface area contributed by atoms with Crippen LogP contribution in [-0.2, 0) is 9.59 Å². The van der Waals surface area contributed by atoms with Crippen LogP contribution in [0.1, 0.15) is 27.2 Å². The second-order valence-corrected chi connectivity index (χ2v) is 9.13. The lowest BCUT2D eigenvalue weighted by molar-refractivity contribution is -0.129. The van der Waals surface area contributed by atoms with E-state index in [1.807, 2.05) is 23.1 Å². The quantitative estimate of drug-likeness (QED) is 0.732. The molecule has 3 atom stereocenters. The third-order valence-corrected chi connectivity index (χ3v) is 6.62. The molecule has 2 N–H and O–H groups in total.